The Labute approximate surface area is 102 Å². The van der Waals surface area contributed by atoms with E-state index >= 15 is 0 Å². The monoisotopic (exact) mass is 257 g/mol. The van der Waals surface area contributed by atoms with Crippen molar-refractivity contribution in [2.75, 3.05) is 13.2 Å². The SMILES string of the molecule is O=C(Cc1cccc(F)c1Cl)N1CCOC1=O. The van der Waals surface area contributed by atoms with Crippen LogP contribution in [-0.2, 0) is 16.0 Å². The van der Waals surface area contributed by atoms with E-state index in [-0.39, 0.29) is 24.6 Å². The zero-order valence-electron chi connectivity index (χ0n) is 8.78. The highest BCUT2D eigenvalue weighted by molar-refractivity contribution is 6.31. The van der Waals surface area contributed by atoms with E-state index in [1.54, 1.807) is 6.07 Å². The number of imide groups is 1. The number of ether oxygens (including phenoxy) is 1. The van der Waals surface area contributed by atoms with E-state index < -0.39 is 17.8 Å². The Morgan fingerprint density at radius 2 is 2.29 bits per heavy atom. The minimum absolute atomic E-state index is 0.0894. The number of amides is 2. The first-order valence-electron chi connectivity index (χ1n) is 4.99. The van der Waals surface area contributed by atoms with Gasteiger partial charge in [-0.15, -0.1) is 0 Å². The largest absolute Gasteiger partial charge is 0.447 e. The summed E-state index contributed by atoms with van der Waals surface area (Å²) in [6, 6.07) is 4.22. The first kappa shape index (κ1) is 11.9. The lowest BCUT2D eigenvalue weighted by Crippen LogP contribution is -2.32. The molecule has 2 rings (SSSR count). The lowest BCUT2D eigenvalue weighted by Gasteiger charge is -2.11. The Morgan fingerprint density at radius 3 is 2.94 bits per heavy atom. The number of hydrogen-bond acceptors (Lipinski definition) is 3. The van der Waals surface area contributed by atoms with Crippen LogP contribution in [-0.4, -0.2) is 30.1 Å². The Kier molecular flexibility index (Phi) is 3.28. The third-order valence-corrected chi connectivity index (χ3v) is 2.86. The number of nitrogens with zero attached hydrogens (tertiary/aromatic N) is 1. The van der Waals surface area contributed by atoms with Crippen LogP contribution in [0.3, 0.4) is 0 Å². The zero-order valence-corrected chi connectivity index (χ0v) is 9.54. The van der Waals surface area contributed by atoms with Crippen LogP contribution in [0.5, 0.6) is 0 Å². The molecule has 1 aliphatic rings. The first-order valence-corrected chi connectivity index (χ1v) is 5.37. The maximum absolute atomic E-state index is 13.1. The van der Waals surface area contributed by atoms with E-state index in [1.807, 2.05) is 0 Å². The third kappa shape index (κ3) is 2.39. The molecule has 0 atom stereocenters. The number of halogens is 2. The van der Waals surface area contributed by atoms with Gasteiger partial charge in [-0.3, -0.25) is 4.79 Å². The van der Waals surface area contributed by atoms with E-state index in [0.717, 1.165) is 4.90 Å². The maximum atomic E-state index is 13.1. The van der Waals surface area contributed by atoms with E-state index in [4.69, 9.17) is 11.6 Å². The molecule has 4 nitrogen and oxygen atoms in total. The Balaban J connectivity index is 2.13. The molecule has 1 fully saturated rings. The van der Waals surface area contributed by atoms with E-state index in [1.165, 1.54) is 12.1 Å². The second kappa shape index (κ2) is 4.71. The van der Waals surface area contributed by atoms with Gasteiger partial charge in [0.15, 0.2) is 0 Å². The van der Waals surface area contributed by atoms with Crippen molar-refractivity contribution in [1.29, 1.82) is 0 Å². The van der Waals surface area contributed by atoms with Crippen molar-refractivity contribution in [3.05, 3.63) is 34.6 Å². The number of carbonyl (C=O) groups is 2. The topological polar surface area (TPSA) is 46.6 Å². The fourth-order valence-electron chi connectivity index (χ4n) is 1.56. The molecular weight excluding hydrogens is 249 g/mol. The molecule has 0 spiro atoms. The van der Waals surface area contributed by atoms with Gasteiger partial charge in [-0.05, 0) is 11.6 Å². The summed E-state index contributed by atoms with van der Waals surface area (Å²) in [4.78, 5) is 23.9. The zero-order chi connectivity index (χ0) is 12.4. The molecule has 0 aromatic heterocycles. The molecule has 1 saturated heterocycles. The summed E-state index contributed by atoms with van der Waals surface area (Å²) in [5, 5.41) is -0.0894. The Hall–Kier alpha value is -1.62. The number of cyclic esters (lactones) is 1. The molecule has 0 N–H and O–H groups in total. The van der Waals surface area contributed by atoms with Crippen LogP contribution in [0, 0.1) is 5.82 Å². The molecule has 0 unspecified atom stereocenters. The fourth-order valence-corrected chi connectivity index (χ4v) is 1.76. The van der Waals surface area contributed by atoms with Crippen LogP contribution in [0.2, 0.25) is 5.02 Å². The molecule has 1 heterocycles. The molecule has 1 aromatic rings. The van der Waals surface area contributed by atoms with Crippen molar-refractivity contribution < 1.29 is 18.7 Å². The lowest BCUT2D eigenvalue weighted by molar-refractivity contribution is -0.127. The van der Waals surface area contributed by atoms with Gasteiger partial charge in [-0.2, -0.15) is 0 Å². The highest BCUT2D eigenvalue weighted by atomic mass is 35.5. The highest BCUT2D eigenvalue weighted by Gasteiger charge is 2.28. The van der Waals surface area contributed by atoms with Gasteiger partial charge in [0.1, 0.15) is 12.4 Å². The molecule has 0 saturated carbocycles. The fraction of sp³-hybridized carbons (Fsp3) is 0.273. The van der Waals surface area contributed by atoms with Crippen LogP contribution in [0.1, 0.15) is 5.56 Å². The van der Waals surface area contributed by atoms with Crippen molar-refractivity contribution in [1.82, 2.24) is 4.90 Å². The van der Waals surface area contributed by atoms with Crippen molar-refractivity contribution in [3.63, 3.8) is 0 Å². The van der Waals surface area contributed by atoms with E-state index in [0.29, 0.717) is 5.56 Å². The molecule has 2 amide bonds. The van der Waals surface area contributed by atoms with Crippen LogP contribution >= 0.6 is 11.6 Å². The molecule has 0 radical (unpaired) electrons. The maximum Gasteiger partial charge on any atom is 0.416 e. The van der Waals surface area contributed by atoms with Gasteiger partial charge in [-0.1, -0.05) is 23.7 Å². The van der Waals surface area contributed by atoms with E-state index in [9.17, 15) is 14.0 Å². The van der Waals surface area contributed by atoms with Gasteiger partial charge >= 0.3 is 6.09 Å². The highest BCUT2D eigenvalue weighted by Crippen LogP contribution is 2.21. The van der Waals surface area contributed by atoms with Gasteiger partial charge in [0.25, 0.3) is 0 Å². The average molecular weight is 258 g/mol. The van der Waals surface area contributed by atoms with E-state index in [2.05, 4.69) is 4.74 Å². The smallest absolute Gasteiger partial charge is 0.416 e. The summed E-state index contributed by atoms with van der Waals surface area (Å²) >= 11 is 5.72. The van der Waals surface area contributed by atoms with Gasteiger partial charge in [0.05, 0.1) is 18.0 Å². The van der Waals surface area contributed by atoms with Crippen LogP contribution in [0.4, 0.5) is 9.18 Å². The minimum Gasteiger partial charge on any atom is -0.447 e. The predicted molar refractivity (Wildman–Crippen MR) is 58.2 cm³/mol. The number of rotatable bonds is 2. The molecule has 6 heteroatoms. The van der Waals surface area contributed by atoms with Crippen LogP contribution in [0.15, 0.2) is 18.2 Å². The second-order valence-electron chi connectivity index (χ2n) is 3.55. The Morgan fingerprint density at radius 1 is 1.53 bits per heavy atom. The number of hydrogen-bond donors (Lipinski definition) is 0. The lowest BCUT2D eigenvalue weighted by atomic mass is 10.1. The summed E-state index contributed by atoms with van der Waals surface area (Å²) in [6.07, 6.45) is -0.784. The van der Waals surface area contributed by atoms with Gasteiger partial charge in [-0.25, -0.2) is 14.1 Å². The van der Waals surface area contributed by atoms with Crippen molar-refractivity contribution in [2.45, 2.75) is 6.42 Å². The summed E-state index contributed by atoms with van der Waals surface area (Å²) in [7, 11) is 0. The predicted octanol–water partition coefficient (Wildman–Crippen LogP) is 2.00. The van der Waals surface area contributed by atoms with Crippen LogP contribution < -0.4 is 0 Å². The third-order valence-electron chi connectivity index (χ3n) is 2.44. The average Bonchev–Trinajstić information content (AvgIpc) is 2.71. The van der Waals surface area contributed by atoms with Crippen molar-refractivity contribution >= 4 is 23.6 Å². The molecule has 90 valence electrons. The molecule has 1 aromatic carbocycles. The summed E-state index contributed by atoms with van der Waals surface area (Å²) in [5.74, 6) is -1.03. The summed E-state index contributed by atoms with van der Waals surface area (Å²) in [6.45, 7) is 0.423. The normalized spacial score (nSPS) is 14.9. The summed E-state index contributed by atoms with van der Waals surface area (Å²) < 4.78 is 17.8. The molecule has 17 heavy (non-hydrogen) atoms. The first-order chi connectivity index (χ1) is 8.09. The number of benzene rings is 1. The van der Waals surface area contributed by atoms with Gasteiger partial charge in [0, 0.05) is 0 Å². The van der Waals surface area contributed by atoms with Crippen molar-refractivity contribution in [2.24, 2.45) is 0 Å². The quantitative estimate of drug-likeness (QED) is 0.814. The van der Waals surface area contributed by atoms with Crippen molar-refractivity contribution in [3.8, 4) is 0 Å². The second-order valence-corrected chi connectivity index (χ2v) is 3.93. The summed E-state index contributed by atoms with van der Waals surface area (Å²) in [5.41, 5.74) is 0.358. The standard InChI is InChI=1S/C11H9ClFNO3/c12-10-7(2-1-3-8(10)13)6-9(15)14-4-5-17-11(14)16/h1-3H,4-6H2. The van der Waals surface area contributed by atoms with Gasteiger partial charge in [0.2, 0.25) is 5.91 Å². The van der Waals surface area contributed by atoms with Crippen LogP contribution in [0.25, 0.3) is 0 Å². The molecule has 0 bridgehead atoms. The molecule has 0 aliphatic carbocycles. The number of carbonyl (C=O) groups excluding carboxylic acids is 2. The Bertz CT molecular complexity index is 478. The minimum atomic E-state index is -0.664. The molecular formula is C11H9ClFNO3. The van der Waals surface area contributed by atoms with Gasteiger partial charge < -0.3 is 4.74 Å². The molecule has 1 aliphatic heterocycles.